The van der Waals surface area contributed by atoms with Crippen molar-refractivity contribution in [3.8, 4) is 0 Å². The summed E-state index contributed by atoms with van der Waals surface area (Å²) >= 11 is 0. The fraction of sp³-hybridized carbons (Fsp3) is 0.533. The van der Waals surface area contributed by atoms with Gasteiger partial charge in [-0.25, -0.2) is 0 Å². The molecule has 0 saturated heterocycles. The Balaban J connectivity index is 2.20. The van der Waals surface area contributed by atoms with Crippen molar-refractivity contribution in [3.63, 3.8) is 0 Å². The van der Waals surface area contributed by atoms with Gasteiger partial charge < -0.3 is 5.11 Å². The van der Waals surface area contributed by atoms with Gasteiger partial charge in [0.2, 0.25) is 0 Å². The van der Waals surface area contributed by atoms with E-state index >= 15 is 0 Å². The lowest BCUT2D eigenvalue weighted by Crippen LogP contribution is -2.15. The summed E-state index contributed by atoms with van der Waals surface area (Å²) in [4.78, 5) is 12.2. The smallest absolute Gasteiger partial charge is 0.310 e. The minimum atomic E-state index is -1.07. The van der Waals surface area contributed by atoms with Crippen LogP contribution in [0.2, 0.25) is 0 Å². The molecule has 0 heterocycles. The Labute approximate surface area is 116 Å². The summed E-state index contributed by atoms with van der Waals surface area (Å²) in [6.45, 7) is 0. The molecule has 0 aliphatic heterocycles. The molecule has 1 unspecified atom stereocenters. The Bertz CT molecular complexity index is 478. The highest BCUT2D eigenvalue weighted by Gasteiger charge is 2.26. The Morgan fingerprint density at radius 3 is 2.68 bits per heavy atom. The molecule has 1 aromatic carbocycles. The molecular formula is C15H20O3S. The molecule has 0 radical (unpaired) electrons. The van der Waals surface area contributed by atoms with E-state index in [1.165, 1.54) is 12.8 Å². The first-order valence-electron chi connectivity index (χ1n) is 6.74. The van der Waals surface area contributed by atoms with Crippen molar-refractivity contribution < 1.29 is 14.1 Å². The zero-order valence-electron chi connectivity index (χ0n) is 11.2. The van der Waals surface area contributed by atoms with E-state index in [-0.39, 0.29) is 0 Å². The SMILES string of the molecule is CS(=O)c1cccc([C@@H](CC2CCCC2)C(=O)O)c1. The number of hydrogen-bond acceptors (Lipinski definition) is 2. The highest BCUT2D eigenvalue weighted by Crippen LogP contribution is 2.34. The quantitative estimate of drug-likeness (QED) is 0.901. The van der Waals surface area contributed by atoms with Gasteiger partial charge in [0.1, 0.15) is 0 Å². The molecule has 0 aromatic heterocycles. The molecule has 3 nitrogen and oxygen atoms in total. The van der Waals surface area contributed by atoms with Crippen LogP contribution in [0.15, 0.2) is 29.2 Å². The molecule has 1 aliphatic carbocycles. The summed E-state index contributed by atoms with van der Waals surface area (Å²) in [5.74, 6) is -0.714. The van der Waals surface area contributed by atoms with E-state index in [1.807, 2.05) is 6.07 Å². The number of hydrogen-bond donors (Lipinski definition) is 1. The molecule has 1 aliphatic rings. The van der Waals surface area contributed by atoms with Crippen molar-refractivity contribution in [2.24, 2.45) is 5.92 Å². The van der Waals surface area contributed by atoms with Crippen LogP contribution in [-0.2, 0) is 15.6 Å². The van der Waals surface area contributed by atoms with Crippen molar-refractivity contribution in [1.82, 2.24) is 0 Å². The molecular weight excluding hydrogens is 260 g/mol. The topological polar surface area (TPSA) is 54.4 Å². The largest absolute Gasteiger partial charge is 0.481 e. The second-order valence-electron chi connectivity index (χ2n) is 5.30. The first-order chi connectivity index (χ1) is 9.08. The van der Waals surface area contributed by atoms with Crippen molar-refractivity contribution in [3.05, 3.63) is 29.8 Å². The second kappa shape index (κ2) is 6.33. The van der Waals surface area contributed by atoms with Crippen LogP contribution in [0.25, 0.3) is 0 Å². The summed E-state index contributed by atoms with van der Waals surface area (Å²) < 4.78 is 11.5. The van der Waals surface area contributed by atoms with E-state index in [4.69, 9.17) is 0 Å². The number of aliphatic carboxylic acids is 1. The van der Waals surface area contributed by atoms with Crippen LogP contribution in [0, 0.1) is 5.92 Å². The first-order valence-corrected chi connectivity index (χ1v) is 8.30. The van der Waals surface area contributed by atoms with Crippen LogP contribution in [0.3, 0.4) is 0 Å². The van der Waals surface area contributed by atoms with Gasteiger partial charge in [0, 0.05) is 22.0 Å². The first kappa shape index (κ1) is 14.3. The number of carboxylic acid groups (broad SMARTS) is 1. The number of rotatable bonds is 5. The summed E-state index contributed by atoms with van der Waals surface area (Å²) in [5, 5.41) is 9.44. The van der Waals surface area contributed by atoms with Gasteiger partial charge in [-0.05, 0) is 30.0 Å². The molecule has 1 aromatic rings. The number of carbonyl (C=O) groups is 1. The maximum atomic E-state index is 11.5. The van der Waals surface area contributed by atoms with Gasteiger partial charge in [-0.2, -0.15) is 0 Å². The molecule has 0 bridgehead atoms. The fourth-order valence-electron chi connectivity index (χ4n) is 2.87. The Morgan fingerprint density at radius 2 is 2.11 bits per heavy atom. The van der Waals surface area contributed by atoms with Crippen LogP contribution in [0.5, 0.6) is 0 Å². The summed E-state index contributed by atoms with van der Waals surface area (Å²) in [5.41, 5.74) is 0.784. The second-order valence-corrected chi connectivity index (χ2v) is 6.68. The van der Waals surface area contributed by atoms with Crippen LogP contribution >= 0.6 is 0 Å². The Morgan fingerprint density at radius 1 is 1.42 bits per heavy atom. The van der Waals surface area contributed by atoms with Gasteiger partial charge in [0.25, 0.3) is 0 Å². The van der Waals surface area contributed by atoms with Gasteiger partial charge >= 0.3 is 5.97 Å². The van der Waals surface area contributed by atoms with Crippen molar-refractivity contribution in [1.29, 1.82) is 0 Å². The Hall–Kier alpha value is -1.16. The van der Waals surface area contributed by atoms with Gasteiger partial charge in [-0.1, -0.05) is 37.8 Å². The average Bonchev–Trinajstić information content (AvgIpc) is 2.88. The molecule has 4 heteroatoms. The molecule has 2 atom stereocenters. The van der Waals surface area contributed by atoms with E-state index in [1.54, 1.807) is 24.5 Å². The van der Waals surface area contributed by atoms with Crippen LogP contribution < -0.4 is 0 Å². The number of carboxylic acids is 1. The van der Waals surface area contributed by atoms with Crippen LogP contribution in [0.4, 0.5) is 0 Å². The third-order valence-corrected chi connectivity index (χ3v) is 4.85. The van der Waals surface area contributed by atoms with Gasteiger partial charge in [-0.15, -0.1) is 0 Å². The number of benzene rings is 1. The predicted molar refractivity (Wildman–Crippen MR) is 75.7 cm³/mol. The molecule has 0 spiro atoms. The van der Waals surface area contributed by atoms with E-state index in [0.29, 0.717) is 17.2 Å². The third kappa shape index (κ3) is 3.66. The molecule has 1 N–H and O–H groups in total. The highest BCUT2D eigenvalue weighted by atomic mass is 32.2. The summed E-state index contributed by atoms with van der Waals surface area (Å²) in [6.07, 6.45) is 7.04. The lowest BCUT2D eigenvalue weighted by Gasteiger charge is -2.17. The zero-order chi connectivity index (χ0) is 13.8. The third-order valence-electron chi connectivity index (χ3n) is 3.93. The molecule has 1 fully saturated rings. The lowest BCUT2D eigenvalue weighted by atomic mass is 9.88. The van der Waals surface area contributed by atoms with Gasteiger partial charge in [0.05, 0.1) is 5.92 Å². The summed E-state index contributed by atoms with van der Waals surface area (Å²) in [7, 11) is -1.07. The molecule has 0 amide bonds. The van der Waals surface area contributed by atoms with Crippen molar-refractivity contribution in [2.75, 3.05) is 6.26 Å². The van der Waals surface area contributed by atoms with Crippen molar-refractivity contribution >= 4 is 16.8 Å². The van der Waals surface area contributed by atoms with Gasteiger partial charge in [0.15, 0.2) is 0 Å². The van der Waals surface area contributed by atoms with E-state index in [2.05, 4.69) is 0 Å². The normalized spacial score (nSPS) is 19.2. The van der Waals surface area contributed by atoms with Crippen LogP contribution in [-0.4, -0.2) is 21.5 Å². The predicted octanol–water partition coefficient (Wildman–Crippen LogP) is 3.17. The molecule has 104 valence electrons. The zero-order valence-corrected chi connectivity index (χ0v) is 12.0. The fourth-order valence-corrected chi connectivity index (χ4v) is 3.44. The standard InChI is InChI=1S/C15H20O3S/c1-19(18)13-8-4-7-12(10-13)14(15(16)17)9-11-5-2-3-6-11/h4,7-8,10-11,14H,2-3,5-6,9H2,1H3,(H,16,17)/t14-,19?/m1/s1. The van der Waals surface area contributed by atoms with E-state index < -0.39 is 22.7 Å². The van der Waals surface area contributed by atoms with Crippen molar-refractivity contribution in [2.45, 2.75) is 42.9 Å². The maximum absolute atomic E-state index is 11.5. The van der Waals surface area contributed by atoms with Crippen LogP contribution in [0.1, 0.15) is 43.6 Å². The minimum Gasteiger partial charge on any atom is -0.481 e. The molecule has 19 heavy (non-hydrogen) atoms. The highest BCUT2D eigenvalue weighted by molar-refractivity contribution is 7.84. The maximum Gasteiger partial charge on any atom is 0.310 e. The van der Waals surface area contributed by atoms with E-state index in [0.717, 1.165) is 18.4 Å². The monoisotopic (exact) mass is 280 g/mol. The lowest BCUT2D eigenvalue weighted by molar-refractivity contribution is -0.139. The molecule has 1 saturated carbocycles. The van der Waals surface area contributed by atoms with Gasteiger partial charge in [-0.3, -0.25) is 9.00 Å². The molecule has 2 rings (SSSR count). The van der Waals surface area contributed by atoms with E-state index in [9.17, 15) is 14.1 Å². The Kier molecular flexibility index (Phi) is 4.75. The average molecular weight is 280 g/mol. The summed E-state index contributed by atoms with van der Waals surface area (Å²) in [6, 6.07) is 7.21. The minimum absolute atomic E-state index is 0.466.